The highest BCUT2D eigenvalue weighted by Gasteiger charge is 2.11. The molecule has 0 unspecified atom stereocenters. The van der Waals surface area contributed by atoms with Crippen molar-refractivity contribution in [3.63, 3.8) is 0 Å². The third-order valence-electron chi connectivity index (χ3n) is 3.38. The Labute approximate surface area is 150 Å². The number of hydrazine groups is 1. The van der Waals surface area contributed by atoms with Gasteiger partial charge in [0, 0.05) is 10.6 Å². The summed E-state index contributed by atoms with van der Waals surface area (Å²) in [4.78, 5) is 35.2. The predicted molar refractivity (Wildman–Crippen MR) is 92.9 cm³/mol. The lowest BCUT2D eigenvalue weighted by Gasteiger charge is -2.09. The number of hydrogen-bond donors (Lipinski definition) is 2. The Morgan fingerprint density at radius 1 is 1.00 bits per heavy atom. The first-order valence-corrected chi connectivity index (χ1v) is 7.88. The van der Waals surface area contributed by atoms with Gasteiger partial charge in [-0.15, -0.1) is 0 Å². The van der Waals surface area contributed by atoms with Gasteiger partial charge in [0.25, 0.3) is 11.8 Å². The monoisotopic (exact) mass is 360 g/mol. The topological polar surface area (TPSA) is 84.5 Å². The van der Waals surface area contributed by atoms with Crippen molar-refractivity contribution in [3.8, 4) is 0 Å². The Bertz CT molecular complexity index is 775. The summed E-state index contributed by atoms with van der Waals surface area (Å²) in [6, 6.07) is 13.6. The Balaban J connectivity index is 1.73. The lowest BCUT2D eigenvalue weighted by Crippen LogP contribution is -2.43. The van der Waals surface area contributed by atoms with Crippen LogP contribution in [0, 0.1) is 6.92 Å². The van der Waals surface area contributed by atoms with Crippen LogP contribution in [0.1, 0.15) is 21.5 Å². The van der Waals surface area contributed by atoms with Crippen LogP contribution in [0.25, 0.3) is 0 Å². The number of amides is 2. The summed E-state index contributed by atoms with van der Waals surface area (Å²) >= 11 is 5.73. The Morgan fingerprint density at radius 2 is 1.68 bits per heavy atom. The number of esters is 1. The molecule has 0 fully saturated rings. The fourth-order valence-electron chi connectivity index (χ4n) is 2.00. The highest BCUT2D eigenvalue weighted by atomic mass is 35.5. The van der Waals surface area contributed by atoms with Crippen LogP contribution in [0.2, 0.25) is 5.02 Å². The van der Waals surface area contributed by atoms with E-state index in [-0.39, 0.29) is 6.42 Å². The first-order valence-electron chi connectivity index (χ1n) is 7.50. The summed E-state index contributed by atoms with van der Waals surface area (Å²) in [5.41, 5.74) is 6.55. The molecule has 0 saturated heterocycles. The van der Waals surface area contributed by atoms with Crippen LogP contribution in [0.5, 0.6) is 0 Å². The average molecular weight is 361 g/mol. The van der Waals surface area contributed by atoms with Crippen molar-refractivity contribution in [2.45, 2.75) is 13.3 Å². The van der Waals surface area contributed by atoms with Crippen molar-refractivity contribution >= 4 is 29.4 Å². The van der Waals surface area contributed by atoms with Crippen molar-refractivity contribution < 1.29 is 19.1 Å². The van der Waals surface area contributed by atoms with Gasteiger partial charge < -0.3 is 4.74 Å². The van der Waals surface area contributed by atoms with E-state index in [9.17, 15) is 14.4 Å². The molecule has 130 valence electrons. The molecule has 0 radical (unpaired) electrons. The van der Waals surface area contributed by atoms with E-state index in [0.29, 0.717) is 10.6 Å². The van der Waals surface area contributed by atoms with Gasteiger partial charge in [-0.25, -0.2) is 0 Å². The standard InChI is InChI=1S/C18H17ClN2O4/c1-12-4-2-3-5-14(12)10-17(23)25-11-16(22)20-21-18(24)13-6-8-15(19)9-7-13/h2-9H,10-11H2,1H3,(H,20,22)(H,21,24). The number of rotatable bonds is 5. The van der Waals surface area contributed by atoms with Crippen molar-refractivity contribution in [2.75, 3.05) is 6.61 Å². The third kappa shape index (κ3) is 5.93. The number of hydrogen-bond acceptors (Lipinski definition) is 4. The molecule has 0 aliphatic carbocycles. The van der Waals surface area contributed by atoms with E-state index in [4.69, 9.17) is 16.3 Å². The minimum atomic E-state index is -0.638. The molecule has 0 aliphatic rings. The van der Waals surface area contributed by atoms with Gasteiger partial charge in [0.05, 0.1) is 6.42 Å². The first-order chi connectivity index (χ1) is 12.0. The van der Waals surface area contributed by atoms with Gasteiger partial charge >= 0.3 is 5.97 Å². The molecule has 0 aromatic heterocycles. The van der Waals surface area contributed by atoms with E-state index in [1.165, 1.54) is 12.1 Å². The van der Waals surface area contributed by atoms with E-state index in [1.54, 1.807) is 12.1 Å². The second-order valence-corrected chi connectivity index (χ2v) is 5.71. The maximum Gasteiger partial charge on any atom is 0.310 e. The number of carbonyl (C=O) groups is 3. The number of nitrogens with one attached hydrogen (secondary N) is 2. The van der Waals surface area contributed by atoms with Crippen LogP contribution in [0.3, 0.4) is 0 Å². The molecule has 2 amide bonds. The van der Waals surface area contributed by atoms with Crippen LogP contribution in [-0.4, -0.2) is 24.4 Å². The first kappa shape index (κ1) is 18.5. The maximum atomic E-state index is 11.8. The zero-order valence-electron chi connectivity index (χ0n) is 13.5. The van der Waals surface area contributed by atoms with E-state index >= 15 is 0 Å². The summed E-state index contributed by atoms with van der Waals surface area (Å²) < 4.78 is 4.90. The Kier molecular flexibility index (Phi) is 6.54. The lowest BCUT2D eigenvalue weighted by atomic mass is 10.1. The molecule has 0 bridgehead atoms. The number of ether oxygens (including phenoxy) is 1. The zero-order valence-corrected chi connectivity index (χ0v) is 14.3. The van der Waals surface area contributed by atoms with E-state index in [2.05, 4.69) is 10.9 Å². The molecular formula is C18H17ClN2O4. The number of carbonyl (C=O) groups excluding carboxylic acids is 3. The molecule has 0 atom stereocenters. The lowest BCUT2D eigenvalue weighted by molar-refractivity contribution is -0.148. The Hall–Kier alpha value is -2.86. The second-order valence-electron chi connectivity index (χ2n) is 5.27. The van der Waals surface area contributed by atoms with Crippen molar-refractivity contribution in [3.05, 3.63) is 70.2 Å². The van der Waals surface area contributed by atoms with Gasteiger partial charge in [0.15, 0.2) is 6.61 Å². The Morgan fingerprint density at radius 3 is 2.36 bits per heavy atom. The van der Waals surface area contributed by atoms with Gasteiger partial charge in [-0.3, -0.25) is 25.2 Å². The number of halogens is 1. The molecule has 0 saturated carbocycles. The van der Waals surface area contributed by atoms with Gasteiger partial charge in [-0.05, 0) is 42.3 Å². The zero-order chi connectivity index (χ0) is 18.2. The third-order valence-corrected chi connectivity index (χ3v) is 3.63. The fourth-order valence-corrected chi connectivity index (χ4v) is 2.12. The highest BCUT2D eigenvalue weighted by molar-refractivity contribution is 6.30. The number of benzene rings is 2. The second kappa shape index (κ2) is 8.84. The van der Waals surface area contributed by atoms with Crippen LogP contribution in [-0.2, 0) is 20.7 Å². The molecule has 7 heteroatoms. The molecule has 6 nitrogen and oxygen atoms in total. The SMILES string of the molecule is Cc1ccccc1CC(=O)OCC(=O)NNC(=O)c1ccc(Cl)cc1. The van der Waals surface area contributed by atoms with Crippen molar-refractivity contribution in [2.24, 2.45) is 0 Å². The van der Waals surface area contributed by atoms with Crippen molar-refractivity contribution in [1.29, 1.82) is 0 Å². The van der Waals surface area contributed by atoms with E-state index in [0.717, 1.165) is 11.1 Å². The van der Waals surface area contributed by atoms with Crippen LogP contribution in [0.15, 0.2) is 48.5 Å². The van der Waals surface area contributed by atoms with Crippen LogP contribution >= 0.6 is 11.6 Å². The smallest absolute Gasteiger partial charge is 0.310 e. The van der Waals surface area contributed by atoms with Gasteiger partial charge in [-0.1, -0.05) is 35.9 Å². The predicted octanol–water partition coefficient (Wildman–Crippen LogP) is 2.20. The normalized spacial score (nSPS) is 10.0. The summed E-state index contributed by atoms with van der Waals surface area (Å²) in [6.45, 7) is 1.41. The van der Waals surface area contributed by atoms with Crippen LogP contribution in [0.4, 0.5) is 0 Å². The molecule has 2 aromatic carbocycles. The van der Waals surface area contributed by atoms with E-state index in [1.807, 2.05) is 31.2 Å². The van der Waals surface area contributed by atoms with Gasteiger partial charge in [0.2, 0.25) is 0 Å². The number of aryl methyl sites for hydroxylation is 1. The van der Waals surface area contributed by atoms with Crippen molar-refractivity contribution in [1.82, 2.24) is 10.9 Å². The summed E-state index contributed by atoms with van der Waals surface area (Å²) in [7, 11) is 0. The summed E-state index contributed by atoms with van der Waals surface area (Å²) in [6.07, 6.45) is 0.0804. The van der Waals surface area contributed by atoms with Gasteiger partial charge in [-0.2, -0.15) is 0 Å². The summed E-state index contributed by atoms with van der Waals surface area (Å²) in [5, 5.41) is 0.501. The molecule has 0 heterocycles. The molecular weight excluding hydrogens is 344 g/mol. The molecule has 0 spiro atoms. The van der Waals surface area contributed by atoms with Gasteiger partial charge in [0.1, 0.15) is 0 Å². The molecule has 2 N–H and O–H groups in total. The highest BCUT2D eigenvalue weighted by Crippen LogP contribution is 2.09. The molecule has 25 heavy (non-hydrogen) atoms. The maximum absolute atomic E-state index is 11.8. The minimum Gasteiger partial charge on any atom is -0.455 e. The quantitative estimate of drug-likeness (QED) is 0.632. The largest absolute Gasteiger partial charge is 0.455 e. The van der Waals surface area contributed by atoms with Crippen LogP contribution < -0.4 is 10.9 Å². The summed E-state index contributed by atoms with van der Waals surface area (Å²) in [5.74, 6) is -1.66. The van der Waals surface area contributed by atoms with E-state index < -0.39 is 24.4 Å². The molecule has 2 aromatic rings. The average Bonchev–Trinajstić information content (AvgIpc) is 2.60. The molecule has 2 rings (SSSR count). The molecule has 0 aliphatic heterocycles. The fraction of sp³-hybridized carbons (Fsp3) is 0.167. The minimum absolute atomic E-state index is 0.0804.